The van der Waals surface area contributed by atoms with Gasteiger partial charge in [-0.2, -0.15) is 0 Å². The van der Waals surface area contributed by atoms with Crippen molar-refractivity contribution in [3.63, 3.8) is 0 Å². The summed E-state index contributed by atoms with van der Waals surface area (Å²) in [4.78, 5) is 56.2. The van der Waals surface area contributed by atoms with Gasteiger partial charge in [0.05, 0.1) is 11.1 Å². The summed E-state index contributed by atoms with van der Waals surface area (Å²) in [5.41, 5.74) is 1.46. The lowest BCUT2D eigenvalue weighted by molar-refractivity contribution is -0.137. The van der Waals surface area contributed by atoms with Crippen LogP contribution in [0.1, 0.15) is 26.3 Å². The van der Waals surface area contributed by atoms with E-state index in [2.05, 4.69) is 6.58 Å². The van der Waals surface area contributed by atoms with E-state index in [0.717, 1.165) is 10.5 Å². The van der Waals surface area contributed by atoms with Crippen LogP contribution in [0.15, 0.2) is 67.3 Å². The Balaban J connectivity index is 1.54. The maximum atomic E-state index is 13.6. The first kappa shape index (κ1) is 22.3. The molecule has 1 atom stereocenters. The summed E-state index contributed by atoms with van der Waals surface area (Å²) in [5, 5.41) is 0. The highest BCUT2D eigenvalue weighted by molar-refractivity contribution is 6.22. The number of carbonyl (C=O) groups excluding carboxylic acids is 4. The molecule has 4 amide bonds. The smallest absolute Gasteiger partial charge is 0.410 e. The van der Waals surface area contributed by atoms with Crippen LogP contribution in [0.4, 0.5) is 4.79 Å². The van der Waals surface area contributed by atoms with Crippen molar-refractivity contribution >= 4 is 23.8 Å². The number of imide groups is 1. The Morgan fingerprint density at radius 2 is 1.42 bits per heavy atom. The predicted molar refractivity (Wildman–Crippen MR) is 121 cm³/mol. The summed E-state index contributed by atoms with van der Waals surface area (Å²) >= 11 is 0. The average molecular weight is 447 g/mol. The lowest BCUT2D eigenvalue weighted by Gasteiger charge is -2.37. The highest BCUT2D eigenvalue weighted by Crippen LogP contribution is 2.27. The first-order valence-electron chi connectivity index (χ1n) is 10.8. The van der Waals surface area contributed by atoms with Crippen molar-refractivity contribution in [2.75, 3.05) is 32.8 Å². The lowest BCUT2D eigenvalue weighted by Crippen LogP contribution is -2.57. The number of nitrogens with zero attached hydrogens (tertiary/aromatic N) is 3. The SMILES string of the molecule is C=CCOC(=O)N1CCN(C(=O)C(Cc2ccccc2)N2C(=O)c3ccccc3C2=O)CC1. The molecule has 0 saturated carbocycles. The van der Waals surface area contributed by atoms with Crippen LogP contribution < -0.4 is 0 Å². The number of hydrogen-bond donors (Lipinski definition) is 0. The zero-order valence-electron chi connectivity index (χ0n) is 18.2. The zero-order chi connectivity index (χ0) is 23.4. The van der Waals surface area contributed by atoms with E-state index in [-0.39, 0.29) is 32.0 Å². The molecule has 0 N–H and O–H groups in total. The van der Waals surface area contributed by atoms with Crippen molar-refractivity contribution in [1.82, 2.24) is 14.7 Å². The highest BCUT2D eigenvalue weighted by Gasteiger charge is 2.44. The van der Waals surface area contributed by atoms with Crippen LogP contribution in [0.25, 0.3) is 0 Å². The number of rotatable bonds is 6. The molecule has 33 heavy (non-hydrogen) atoms. The Labute approximate surface area is 192 Å². The largest absolute Gasteiger partial charge is 0.445 e. The van der Waals surface area contributed by atoms with E-state index in [1.165, 1.54) is 11.0 Å². The summed E-state index contributed by atoms with van der Waals surface area (Å²) in [6.07, 6.45) is 1.25. The van der Waals surface area contributed by atoms with E-state index >= 15 is 0 Å². The number of benzene rings is 2. The van der Waals surface area contributed by atoms with Crippen molar-refractivity contribution in [3.8, 4) is 0 Å². The molecule has 8 heteroatoms. The molecule has 2 heterocycles. The summed E-state index contributed by atoms with van der Waals surface area (Å²) < 4.78 is 5.07. The van der Waals surface area contributed by atoms with Crippen LogP contribution >= 0.6 is 0 Å². The summed E-state index contributed by atoms with van der Waals surface area (Å²) in [6, 6.07) is 14.9. The van der Waals surface area contributed by atoms with Crippen LogP contribution in [0, 0.1) is 0 Å². The van der Waals surface area contributed by atoms with E-state index in [1.54, 1.807) is 29.2 Å². The second kappa shape index (κ2) is 9.68. The number of piperazine rings is 1. The maximum Gasteiger partial charge on any atom is 0.410 e. The third-order valence-electron chi connectivity index (χ3n) is 5.87. The molecule has 2 aliphatic heterocycles. The van der Waals surface area contributed by atoms with Crippen LogP contribution in [-0.4, -0.2) is 77.3 Å². The van der Waals surface area contributed by atoms with Gasteiger partial charge in [-0.05, 0) is 17.7 Å². The van der Waals surface area contributed by atoms with Crippen molar-refractivity contribution in [3.05, 3.63) is 83.9 Å². The Bertz CT molecular complexity index is 1040. The van der Waals surface area contributed by atoms with E-state index in [4.69, 9.17) is 4.74 Å². The molecule has 1 saturated heterocycles. The van der Waals surface area contributed by atoms with Gasteiger partial charge < -0.3 is 14.5 Å². The van der Waals surface area contributed by atoms with Gasteiger partial charge >= 0.3 is 6.09 Å². The average Bonchev–Trinajstić information content (AvgIpc) is 3.11. The Kier molecular flexibility index (Phi) is 6.53. The zero-order valence-corrected chi connectivity index (χ0v) is 18.2. The molecule has 2 aromatic carbocycles. The normalized spacial score (nSPS) is 16.4. The second-order valence-electron chi connectivity index (χ2n) is 7.91. The van der Waals surface area contributed by atoms with Crippen molar-refractivity contribution < 1.29 is 23.9 Å². The van der Waals surface area contributed by atoms with Crippen LogP contribution in [0.3, 0.4) is 0 Å². The molecule has 0 bridgehead atoms. The molecule has 8 nitrogen and oxygen atoms in total. The molecule has 2 aliphatic rings. The number of carbonyl (C=O) groups is 4. The lowest BCUT2D eigenvalue weighted by atomic mass is 10.0. The van der Waals surface area contributed by atoms with Crippen LogP contribution in [0.2, 0.25) is 0 Å². The van der Waals surface area contributed by atoms with Gasteiger partial charge in [-0.15, -0.1) is 0 Å². The summed E-state index contributed by atoms with van der Waals surface area (Å²) in [7, 11) is 0. The minimum Gasteiger partial charge on any atom is -0.445 e. The fourth-order valence-corrected chi connectivity index (χ4v) is 4.16. The monoisotopic (exact) mass is 447 g/mol. The van der Waals surface area contributed by atoms with Gasteiger partial charge in [0.1, 0.15) is 12.6 Å². The van der Waals surface area contributed by atoms with Crippen molar-refractivity contribution in [2.24, 2.45) is 0 Å². The molecule has 170 valence electrons. The summed E-state index contributed by atoms with van der Waals surface area (Å²) in [5.74, 6) is -1.24. The van der Waals surface area contributed by atoms with Crippen molar-refractivity contribution in [2.45, 2.75) is 12.5 Å². The molecule has 0 radical (unpaired) electrons. The maximum absolute atomic E-state index is 13.6. The molecule has 1 fully saturated rings. The van der Waals surface area contributed by atoms with Crippen molar-refractivity contribution in [1.29, 1.82) is 0 Å². The van der Waals surface area contributed by atoms with E-state index in [1.807, 2.05) is 30.3 Å². The van der Waals surface area contributed by atoms with Gasteiger partial charge in [-0.25, -0.2) is 4.79 Å². The number of amides is 4. The molecule has 4 rings (SSSR count). The van der Waals surface area contributed by atoms with E-state index in [0.29, 0.717) is 24.2 Å². The number of ether oxygens (including phenoxy) is 1. The Morgan fingerprint density at radius 1 is 0.879 bits per heavy atom. The van der Waals surface area contributed by atoms with Gasteiger partial charge in [0.2, 0.25) is 5.91 Å². The molecular formula is C25H25N3O5. The molecule has 0 aromatic heterocycles. The molecule has 2 aromatic rings. The quantitative estimate of drug-likeness (QED) is 0.501. The molecule has 0 spiro atoms. The number of hydrogen-bond acceptors (Lipinski definition) is 5. The van der Waals surface area contributed by atoms with E-state index in [9.17, 15) is 19.2 Å². The Hall–Kier alpha value is -3.94. The van der Waals surface area contributed by atoms with Gasteiger partial charge in [0, 0.05) is 32.6 Å². The molecular weight excluding hydrogens is 422 g/mol. The van der Waals surface area contributed by atoms with Gasteiger partial charge in [0.25, 0.3) is 11.8 Å². The topological polar surface area (TPSA) is 87.2 Å². The van der Waals surface area contributed by atoms with Crippen LogP contribution in [-0.2, 0) is 16.0 Å². The minimum absolute atomic E-state index is 0.122. The molecule has 0 aliphatic carbocycles. The second-order valence-corrected chi connectivity index (χ2v) is 7.91. The first-order valence-corrected chi connectivity index (χ1v) is 10.8. The molecule has 1 unspecified atom stereocenters. The third-order valence-corrected chi connectivity index (χ3v) is 5.87. The first-order chi connectivity index (χ1) is 16.0. The van der Waals surface area contributed by atoms with Gasteiger partial charge in [-0.3, -0.25) is 19.3 Å². The Morgan fingerprint density at radius 3 is 2.00 bits per heavy atom. The van der Waals surface area contributed by atoms with E-state index < -0.39 is 23.9 Å². The minimum atomic E-state index is -0.973. The fourth-order valence-electron chi connectivity index (χ4n) is 4.16. The summed E-state index contributed by atoms with van der Waals surface area (Å²) in [6.45, 7) is 4.84. The standard InChI is InChI=1S/C25H25N3O5/c1-2-16-33-25(32)27-14-12-26(13-15-27)24(31)21(17-18-8-4-3-5-9-18)28-22(29)19-10-6-7-11-20(19)23(28)30/h2-11,21H,1,12-17H2. The third kappa shape index (κ3) is 4.50. The van der Waals surface area contributed by atoms with Crippen LogP contribution in [0.5, 0.6) is 0 Å². The predicted octanol–water partition coefficient (Wildman–Crippen LogP) is 2.36. The van der Waals surface area contributed by atoms with Gasteiger partial charge in [0.15, 0.2) is 0 Å². The highest BCUT2D eigenvalue weighted by atomic mass is 16.6. The fraction of sp³-hybridized carbons (Fsp3) is 0.280. The van der Waals surface area contributed by atoms with Gasteiger partial charge in [-0.1, -0.05) is 55.1 Å². The number of fused-ring (bicyclic) bond motifs is 1.